The molecule has 0 aliphatic carbocycles. The van der Waals surface area contributed by atoms with Crippen molar-refractivity contribution in [2.45, 2.75) is 26.6 Å². The van der Waals surface area contributed by atoms with Crippen LogP contribution < -0.4 is 0 Å². The zero-order valence-corrected chi connectivity index (χ0v) is 8.56. The zero-order valence-electron chi connectivity index (χ0n) is 8.56. The van der Waals surface area contributed by atoms with Crippen molar-refractivity contribution in [1.82, 2.24) is 0 Å². The standard InChI is InChI=1S/C10H16O4/c1-3-12-9-7-8(5-6-14-9)10(11)13-4-2/h5-6,8-9H,3-4,7H2,1-2H3/t8-,9-/m0/s1. The first kappa shape index (κ1) is 11.0. The Balaban J connectivity index is 2.43. The van der Waals surface area contributed by atoms with E-state index in [4.69, 9.17) is 14.2 Å². The van der Waals surface area contributed by atoms with Crippen molar-refractivity contribution in [3.8, 4) is 0 Å². The van der Waals surface area contributed by atoms with E-state index < -0.39 is 0 Å². The minimum absolute atomic E-state index is 0.211. The van der Waals surface area contributed by atoms with Gasteiger partial charge in [0.1, 0.15) is 0 Å². The Hall–Kier alpha value is -1.03. The molecule has 0 unspecified atom stereocenters. The first-order valence-corrected chi connectivity index (χ1v) is 4.88. The van der Waals surface area contributed by atoms with E-state index in [1.165, 1.54) is 6.26 Å². The molecule has 0 bridgehead atoms. The molecule has 0 saturated heterocycles. The Morgan fingerprint density at radius 2 is 2.29 bits per heavy atom. The van der Waals surface area contributed by atoms with Crippen LogP contribution in [0.4, 0.5) is 0 Å². The maximum Gasteiger partial charge on any atom is 0.313 e. The smallest absolute Gasteiger partial charge is 0.313 e. The van der Waals surface area contributed by atoms with Crippen molar-refractivity contribution in [3.05, 3.63) is 12.3 Å². The number of rotatable bonds is 4. The first-order valence-electron chi connectivity index (χ1n) is 4.88. The number of hydrogen-bond acceptors (Lipinski definition) is 4. The van der Waals surface area contributed by atoms with Gasteiger partial charge >= 0.3 is 5.97 Å². The van der Waals surface area contributed by atoms with E-state index >= 15 is 0 Å². The lowest BCUT2D eigenvalue weighted by Gasteiger charge is -2.23. The minimum Gasteiger partial charge on any atom is -0.473 e. The predicted molar refractivity (Wildman–Crippen MR) is 50.4 cm³/mol. The van der Waals surface area contributed by atoms with E-state index in [0.29, 0.717) is 19.6 Å². The average molecular weight is 200 g/mol. The average Bonchev–Trinajstić information content (AvgIpc) is 2.19. The van der Waals surface area contributed by atoms with Gasteiger partial charge < -0.3 is 14.2 Å². The van der Waals surface area contributed by atoms with Crippen LogP contribution in [-0.4, -0.2) is 25.5 Å². The van der Waals surface area contributed by atoms with Crippen molar-refractivity contribution in [2.24, 2.45) is 5.92 Å². The molecule has 0 amide bonds. The molecule has 1 rings (SSSR count). The minimum atomic E-state index is -0.320. The van der Waals surface area contributed by atoms with Crippen molar-refractivity contribution < 1.29 is 19.0 Å². The van der Waals surface area contributed by atoms with Gasteiger partial charge in [0.2, 0.25) is 0 Å². The van der Waals surface area contributed by atoms with Gasteiger partial charge in [-0.3, -0.25) is 4.79 Å². The molecule has 1 aliphatic heterocycles. The Morgan fingerprint density at radius 3 is 2.93 bits per heavy atom. The quantitative estimate of drug-likeness (QED) is 0.644. The Labute approximate surface area is 83.8 Å². The second-order valence-electron chi connectivity index (χ2n) is 2.94. The number of ether oxygens (including phenoxy) is 3. The monoisotopic (exact) mass is 200 g/mol. The van der Waals surface area contributed by atoms with Gasteiger partial charge in [-0.05, 0) is 19.9 Å². The van der Waals surface area contributed by atoms with Gasteiger partial charge in [-0.1, -0.05) is 0 Å². The molecule has 1 heterocycles. The Bertz CT molecular complexity index is 212. The summed E-state index contributed by atoms with van der Waals surface area (Å²) >= 11 is 0. The summed E-state index contributed by atoms with van der Waals surface area (Å²) in [5.41, 5.74) is 0. The van der Waals surface area contributed by atoms with E-state index in [1.54, 1.807) is 13.0 Å². The van der Waals surface area contributed by atoms with Crippen LogP contribution in [0.1, 0.15) is 20.3 Å². The predicted octanol–water partition coefficient (Wildman–Crippen LogP) is 1.46. The van der Waals surface area contributed by atoms with E-state index in [1.807, 2.05) is 6.92 Å². The number of esters is 1. The fraction of sp³-hybridized carbons (Fsp3) is 0.700. The van der Waals surface area contributed by atoms with Crippen molar-refractivity contribution in [2.75, 3.05) is 13.2 Å². The van der Waals surface area contributed by atoms with Gasteiger partial charge in [-0.15, -0.1) is 0 Å². The Kier molecular flexibility index (Phi) is 4.46. The van der Waals surface area contributed by atoms with Crippen molar-refractivity contribution in [3.63, 3.8) is 0 Å². The lowest BCUT2D eigenvalue weighted by Crippen LogP contribution is -2.27. The molecule has 80 valence electrons. The van der Waals surface area contributed by atoms with E-state index in [-0.39, 0.29) is 18.2 Å². The number of carbonyl (C=O) groups excluding carboxylic acids is 1. The molecule has 4 nitrogen and oxygen atoms in total. The summed E-state index contributed by atoms with van der Waals surface area (Å²) in [4.78, 5) is 11.4. The fourth-order valence-corrected chi connectivity index (χ4v) is 1.29. The van der Waals surface area contributed by atoms with Crippen LogP contribution in [0.25, 0.3) is 0 Å². The second-order valence-corrected chi connectivity index (χ2v) is 2.94. The fourth-order valence-electron chi connectivity index (χ4n) is 1.29. The second kappa shape index (κ2) is 5.65. The molecule has 4 heteroatoms. The molecule has 0 spiro atoms. The molecule has 1 aliphatic rings. The molecule has 0 radical (unpaired) electrons. The summed E-state index contributed by atoms with van der Waals surface area (Å²) in [6.07, 6.45) is 3.42. The summed E-state index contributed by atoms with van der Waals surface area (Å²) in [5, 5.41) is 0. The topological polar surface area (TPSA) is 44.8 Å². The third-order valence-electron chi connectivity index (χ3n) is 1.93. The van der Waals surface area contributed by atoms with Crippen molar-refractivity contribution >= 4 is 5.97 Å². The molecule has 0 fully saturated rings. The van der Waals surface area contributed by atoms with Crippen LogP contribution in [0.2, 0.25) is 0 Å². The molecule has 14 heavy (non-hydrogen) atoms. The molecule has 2 atom stereocenters. The highest BCUT2D eigenvalue weighted by Gasteiger charge is 2.25. The van der Waals surface area contributed by atoms with E-state index in [2.05, 4.69) is 0 Å². The maximum atomic E-state index is 11.4. The summed E-state index contributed by atoms with van der Waals surface area (Å²) in [5.74, 6) is -0.447. The summed E-state index contributed by atoms with van der Waals surface area (Å²) < 4.78 is 15.3. The van der Waals surface area contributed by atoms with Crippen LogP contribution in [0.5, 0.6) is 0 Å². The maximum absolute atomic E-state index is 11.4. The zero-order chi connectivity index (χ0) is 10.4. The molecular weight excluding hydrogens is 184 g/mol. The SMILES string of the molecule is CCOC(=O)[C@H]1C=CO[C@H](OCC)C1. The third-order valence-corrected chi connectivity index (χ3v) is 1.93. The lowest BCUT2D eigenvalue weighted by molar-refractivity contribution is -0.156. The summed E-state index contributed by atoms with van der Waals surface area (Å²) in [7, 11) is 0. The molecule has 0 aromatic heterocycles. The van der Waals surface area contributed by atoms with Crippen LogP contribution in [-0.2, 0) is 19.0 Å². The normalized spacial score (nSPS) is 25.6. The van der Waals surface area contributed by atoms with Gasteiger partial charge in [-0.2, -0.15) is 0 Å². The molecule has 0 aromatic carbocycles. The van der Waals surface area contributed by atoms with Crippen LogP contribution >= 0.6 is 0 Å². The van der Waals surface area contributed by atoms with Gasteiger partial charge in [-0.25, -0.2) is 0 Å². The summed E-state index contributed by atoms with van der Waals surface area (Å²) in [6, 6.07) is 0. The number of carbonyl (C=O) groups is 1. The highest BCUT2D eigenvalue weighted by Crippen LogP contribution is 2.19. The van der Waals surface area contributed by atoms with Gasteiger partial charge in [0.25, 0.3) is 0 Å². The van der Waals surface area contributed by atoms with Crippen LogP contribution in [0, 0.1) is 5.92 Å². The lowest BCUT2D eigenvalue weighted by atomic mass is 10.0. The van der Waals surface area contributed by atoms with Gasteiger partial charge in [0.05, 0.1) is 18.8 Å². The van der Waals surface area contributed by atoms with Gasteiger partial charge in [0, 0.05) is 13.0 Å². The molecule has 0 aromatic rings. The molecule has 0 saturated carbocycles. The number of hydrogen-bond donors (Lipinski definition) is 0. The van der Waals surface area contributed by atoms with E-state index in [9.17, 15) is 4.79 Å². The molecule has 0 N–H and O–H groups in total. The largest absolute Gasteiger partial charge is 0.473 e. The third kappa shape index (κ3) is 3.03. The van der Waals surface area contributed by atoms with Crippen LogP contribution in [0.15, 0.2) is 12.3 Å². The first-order chi connectivity index (χ1) is 6.77. The van der Waals surface area contributed by atoms with Crippen LogP contribution in [0.3, 0.4) is 0 Å². The van der Waals surface area contributed by atoms with Gasteiger partial charge in [0.15, 0.2) is 6.29 Å². The highest BCUT2D eigenvalue weighted by atomic mass is 16.7. The molecular formula is C10H16O4. The highest BCUT2D eigenvalue weighted by molar-refractivity contribution is 5.74. The van der Waals surface area contributed by atoms with E-state index in [0.717, 1.165) is 0 Å². The van der Waals surface area contributed by atoms with Crippen molar-refractivity contribution in [1.29, 1.82) is 0 Å². The Morgan fingerprint density at radius 1 is 1.50 bits per heavy atom. The summed E-state index contributed by atoms with van der Waals surface area (Å²) in [6.45, 7) is 4.67.